The van der Waals surface area contributed by atoms with Crippen molar-refractivity contribution in [3.63, 3.8) is 0 Å². The Balaban J connectivity index is 0.000000301. The van der Waals surface area contributed by atoms with Gasteiger partial charge in [0.25, 0.3) is 5.91 Å². The number of amides is 1. The normalized spacial score (nSPS) is 11.3. The number of benzene rings is 4. The molecule has 0 aliphatic rings. The highest BCUT2D eigenvalue weighted by atomic mass is 79.9. The number of aliphatic carboxylic acids is 2. The number of ether oxygens (including phenoxy) is 2. The van der Waals surface area contributed by atoms with Crippen LogP contribution in [0, 0.1) is 6.92 Å². The molecule has 0 unspecified atom stereocenters. The molecule has 0 fully saturated rings. The second kappa shape index (κ2) is 21.1. The molecule has 0 saturated carbocycles. The van der Waals surface area contributed by atoms with Crippen LogP contribution in [0.5, 0.6) is 5.75 Å². The second-order valence-electron chi connectivity index (χ2n) is 11.9. The summed E-state index contributed by atoms with van der Waals surface area (Å²) in [5, 5.41) is 19.5. The number of rotatable bonds is 16. The summed E-state index contributed by atoms with van der Waals surface area (Å²) in [5.41, 5.74) is 5.34. The van der Waals surface area contributed by atoms with Gasteiger partial charge in [-0.25, -0.2) is 21.6 Å². The van der Waals surface area contributed by atoms with E-state index >= 15 is 0 Å². The van der Waals surface area contributed by atoms with Crippen molar-refractivity contribution in [1.82, 2.24) is 5.32 Å². The molecule has 0 spiro atoms. The number of carbonyl (C=O) groups excluding carboxylic acids is 1. The van der Waals surface area contributed by atoms with E-state index in [4.69, 9.17) is 19.7 Å². The van der Waals surface area contributed by atoms with Crippen LogP contribution in [0.3, 0.4) is 0 Å². The Hall–Kier alpha value is -3.79. The average Bonchev–Trinajstić information content (AvgIpc) is 3.05. The summed E-state index contributed by atoms with van der Waals surface area (Å²) >= 11 is 13.7. The fraction of sp³-hybridized carbons (Fsp3) is 0.194. The van der Waals surface area contributed by atoms with Gasteiger partial charge in [-0.2, -0.15) is 0 Å². The first-order valence-corrected chi connectivity index (χ1v) is 22.8. The van der Waals surface area contributed by atoms with Crippen LogP contribution in [0.15, 0.2) is 84.6 Å². The molecule has 0 aliphatic heterocycles. The van der Waals surface area contributed by atoms with Gasteiger partial charge in [0, 0.05) is 31.4 Å². The van der Waals surface area contributed by atoms with Gasteiger partial charge in [-0.05, 0) is 110 Å². The molecule has 0 atom stereocenters. The molecule has 4 aromatic carbocycles. The summed E-state index contributed by atoms with van der Waals surface area (Å²) in [5.74, 6) is -2.24. The van der Waals surface area contributed by atoms with E-state index in [0.717, 1.165) is 49.3 Å². The number of carboxylic acid groups (broad SMARTS) is 2. The third kappa shape index (κ3) is 16.7. The van der Waals surface area contributed by atoms with Crippen LogP contribution in [0.4, 0.5) is 11.4 Å². The minimum Gasteiger partial charge on any atom is -0.487 e. The van der Waals surface area contributed by atoms with Gasteiger partial charge in [-0.1, -0.05) is 62.2 Å². The van der Waals surface area contributed by atoms with E-state index in [1.165, 1.54) is 12.1 Å². The van der Waals surface area contributed by atoms with E-state index in [0.29, 0.717) is 26.1 Å². The molecule has 0 heterocycles. The smallest absolute Gasteiger partial charge is 0.329 e. The van der Waals surface area contributed by atoms with Crippen LogP contribution in [0.1, 0.15) is 38.2 Å². The maximum absolute atomic E-state index is 12.0. The van der Waals surface area contributed by atoms with Crippen molar-refractivity contribution in [1.29, 1.82) is 0 Å². The summed E-state index contributed by atoms with van der Waals surface area (Å²) in [6.45, 7) is 1.35. The van der Waals surface area contributed by atoms with Gasteiger partial charge in [0.2, 0.25) is 20.0 Å². The fourth-order valence-corrected chi connectivity index (χ4v) is 8.76. The van der Waals surface area contributed by atoms with E-state index in [1.54, 1.807) is 30.3 Å². The monoisotopic (exact) mass is 1060 g/mol. The molecule has 14 nitrogen and oxygen atoms in total. The number of sulfonamides is 2. The van der Waals surface area contributed by atoms with Crippen LogP contribution in [-0.4, -0.2) is 70.6 Å². The summed E-state index contributed by atoms with van der Waals surface area (Å²) in [7, 11) is -6.72. The molecule has 0 saturated heterocycles. The van der Waals surface area contributed by atoms with Crippen molar-refractivity contribution < 1.29 is 50.9 Å². The lowest BCUT2D eigenvalue weighted by atomic mass is 10.1. The summed E-state index contributed by atoms with van der Waals surface area (Å²) in [4.78, 5) is 33.1. The number of halogens is 4. The number of nitrogens with one attached hydrogen (secondary N) is 3. The number of aryl methyl sites for hydroxylation is 1. The van der Waals surface area contributed by atoms with Crippen molar-refractivity contribution in [2.75, 3.05) is 35.1 Å². The van der Waals surface area contributed by atoms with Crippen molar-refractivity contribution in [2.45, 2.75) is 20.1 Å². The Labute approximate surface area is 357 Å². The first-order chi connectivity index (χ1) is 26.1. The number of carbonyl (C=O) groups is 3. The first kappa shape index (κ1) is 46.6. The number of carboxylic acids is 2. The topological polar surface area (TPSA) is 214 Å². The van der Waals surface area contributed by atoms with Crippen molar-refractivity contribution in [3.8, 4) is 5.75 Å². The third-order valence-corrected chi connectivity index (χ3v) is 10.5. The summed E-state index contributed by atoms with van der Waals surface area (Å²) in [6, 6.07) is 19.0. The molecule has 300 valence electrons. The van der Waals surface area contributed by atoms with Gasteiger partial charge in [-0.15, -0.1) is 0 Å². The average molecular weight is 1070 g/mol. The quantitative estimate of drug-likeness (QED) is 0.0688. The van der Waals surface area contributed by atoms with Crippen molar-refractivity contribution in [3.05, 3.63) is 118 Å². The SMILES string of the molecule is CS(=O)(=O)Nc1cccc(C=Cc2c(Br)cc(COCC(=O)O)cc2Br)c1.Cc1cc(COc2c(Br)cc(C(=O)NCC(=O)O)cc2Br)cc(NS(C)(=O)=O)c1. The third-order valence-electron chi connectivity index (χ3n) is 6.75. The highest BCUT2D eigenvalue weighted by Crippen LogP contribution is 2.36. The van der Waals surface area contributed by atoms with Crippen LogP contribution in [-0.2, 0) is 47.6 Å². The Morgan fingerprint density at radius 2 is 1.30 bits per heavy atom. The highest BCUT2D eigenvalue weighted by molar-refractivity contribution is 9.11. The molecule has 4 rings (SSSR count). The van der Waals surface area contributed by atoms with Gasteiger partial charge in [0.1, 0.15) is 25.5 Å². The zero-order chi connectivity index (χ0) is 41.8. The first-order valence-electron chi connectivity index (χ1n) is 15.8. The van der Waals surface area contributed by atoms with E-state index in [9.17, 15) is 31.2 Å². The maximum Gasteiger partial charge on any atom is 0.329 e. The molecule has 56 heavy (non-hydrogen) atoms. The largest absolute Gasteiger partial charge is 0.487 e. The Bertz CT molecular complexity index is 2310. The second-order valence-corrected chi connectivity index (χ2v) is 18.8. The zero-order valence-corrected chi connectivity index (χ0v) is 37.7. The minimum absolute atomic E-state index is 0.155. The molecule has 0 aliphatic carbocycles. The molecule has 0 aromatic heterocycles. The fourth-order valence-electron chi connectivity index (χ4n) is 4.70. The minimum atomic E-state index is -3.39. The standard InChI is InChI=1S/C18H18Br2N2O6S.C18H17Br2NO5S/c1-10-3-11(5-13(4-10)22-29(2,26)27)9-28-17-14(19)6-12(7-15(17)20)18(25)21-8-16(23)24;1-27(24,25)21-14-4-2-3-12(7-14)5-6-15-16(19)8-13(9-17(15)20)10-26-11-18(22)23/h3-7,22H,8-9H2,1-2H3,(H,21,25)(H,23,24);2-9,21H,10-11H2,1H3,(H,22,23). The number of hydrogen-bond donors (Lipinski definition) is 5. The highest BCUT2D eigenvalue weighted by Gasteiger charge is 2.15. The molecule has 20 heteroatoms. The van der Waals surface area contributed by atoms with Crippen LogP contribution in [0.25, 0.3) is 12.2 Å². The van der Waals surface area contributed by atoms with E-state index in [-0.39, 0.29) is 25.4 Å². The lowest BCUT2D eigenvalue weighted by Crippen LogP contribution is -2.29. The van der Waals surface area contributed by atoms with E-state index in [2.05, 4.69) is 78.5 Å². The van der Waals surface area contributed by atoms with Crippen LogP contribution in [0.2, 0.25) is 0 Å². The van der Waals surface area contributed by atoms with Gasteiger partial charge in [0.05, 0.1) is 28.1 Å². The van der Waals surface area contributed by atoms with Crippen LogP contribution < -0.4 is 19.5 Å². The molecular formula is C36H35Br4N3O11S2. The molecule has 0 bridgehead atoms. The van der Waals surface area contributed by atoms with E-state index in [1.807, 2.05) is 43.3 Å². The number of hydrogen-bond acceptors (Lipinski definition) is 9. The molecule has 5 N–H and O–H groups in total. The van der Waals surface area contributed by atoms with Crippen LogP contribution >= 0.6 is 63.7 Å². The lowest BCUT2D eigenvalue weighted by Gasteiger charge is -2.14. The molecule has 0 radical (unpaired) electrons. The molecule has 4 aromatic rings. The van der Waals surface area contributed by atoms with E-state index < -0.39 is 44.4 Å². The summed E-state index contributed by atoms with van der Waals surface area (Å²) in [6.07, 6.45) is 5.92. The maximum atomic E-state index is 12.0. The van der Waals surface area contributed by atoms with Gasteiger partial charge < -0.3 is 25.0 Å². The lowest BCUT2D eigenvalue weighted by molar-refractivity contribution is -0.142. The summed E-state index contributed by atoms with van der Waals surface area (Å²) < 4.78 is 64.0. The zero-order valence-electron chi connectivity index (χ0n) is 29.7. The molecule has 1 amide bonds. The Morgan fingerprint density at radius 1 is 0.714 bits per heavy atom. The predicted octanol–water partition coefficient (Wildman–Crippen LogP) is 7.64. The van der Waals surface area contributed by atoms with Gasteiger partial charge in [-0.3, -0.25) is 19.0 Å². The van der Waals surface area contributed by atoms with Gasteiger partial charge in [0.15, 0.2) is 0 Å². The van der Waals surface area contributed by atoms with Gasteiger partial charge >= 0.3 is 11.9 Å². The van der Waals surface area contributed by atoms with Crippen molar-refractivity contribution >= 4 is 125 Å². The Morgan fingerprint density at radius 3 is 1.88 bits per heavy atom. The molecular weight excluding hydrogens is 1030 g/mol. The number of anilines is 2. The van der Waals surface area contributed by atoms with Crippen molar-refractivity contribution in [2.24, 2.45) is 0 Å². The Kier molecular flexibility index (Phi) is 17.6. The predicted molar refractivity (Wildman–Crippen MR) is 229 cm³/mol.